The van der Waals surface area contributed by atoms with Gasteiger partial charge in [0.1, 0.15) is 13.1 Å². The van der Waals surface area contributed by atoms with Crippen molar-refractivity contribution >= 4 is 39.1 Å². The largest absolute Gasteiger partial charge is 0.480 e. The van der Waals surface area contributed by atoms with E-state index in [0.717, 1.165) is 11.3 Å². The van der Waals surface area contributed by atoms with Crippen LogP contribution < -0.4 is 0 Å². The van der Waals surface area contributed by atoms with Crippen LogP contribution in [0.25, 0.3) is 0 Å². The monoisotopic (exact) mass is 359 g/mol. The van der Waals surface area contributed by atoms with Crippen molar-refractivity contribution in [3.63, 3.8) is 0 Å². The lowest BCUT2D eigenvalue weighted by atomic mass is 10.3. The Bertz CT molecular complexity index is 481. The maximum atomic E-state index is 12.3. The second-order valence-electron chi connectivity index (χ2n) is 3.74. The molecule has 0 fully saturated rings. The molecule has 19 heavy (non-hydrogen) atoms. The highest BCUT2D eigenvalue weighted by molar-refractivity contribution is 9.11. The first-order chi connectivity index (χ1) is 8.60. The van der Waals surface area contributed by atoms with Gasteiger partial charge in [0, 0.05) is 0 Å². The van der Waals surface area contributed by atoms with Crippen molar-refractivity contribution in [3.05, 3.63) is 20.3 Å². The van der Waals surface area contributed by atoms with Crippen molar-refractivity contribution in [1.29, 1.82) is 0 Å². The molecule has 1 aromatic heterocycles. The third-order valence-corrected chi connectivity index (χ3v) is 4.18. The number of amides is 1. The maximum absolute atomic E-state index is 12.3. The summed E-state index contributed by atoms with van der Waals surface area (Å²) in [7, 11) is 0. The molecule has 0 aliphatic carbocycles. The molecule has 1 heterocycles. The Kier molecular flexibility index (Phi) is 4.97. The average molecular weight is 360 g/mol. The van der Waals surface area contributed by atoms with Crippen LogP contribution in [0, 0.1) is 6.92 Å². The molecule has 106 valence electrons. The van der Waals surface area contributed by atoms with Gasteiger partial charge < -0.3 is 10.0 Å². The molecule has 0 bridgehead atoms. The third-order valence-electron chi connectivity index (χ3n) is 2.05. The zero-order valence-corrected chi connectivity index (χ0v) is 12.0. The normalized spacial score (nSPS) is 11.4. The summed E-state index contributed by atoms with van der Waals surface area (Å²) in [5, 5.41) is 8.57. The van der Waals surface area contributed by atoms with Crippen molar-refractivity contribution in [1.82, 2.24) is 4.90 Å². The number of thiophene rings is 1. The van der Waals surface area contributed by atoms with Crippen LogP contribution in [0.2, 0.25) is 0 Å². The summed E-state index contributed by atoms with van der Waals surface area (Å²) < 4.78 is 37.6. The van der Waals surface area contributed by atoms with Crippen molar-refractivity contribution in [2.24, 2.45) is 0 Å². The minimum absolute atomic E-state index is 0.0647. The first kappa shape index (κ1) is 16.0. The number of aryl methyl sites for hydroxylation is 1. The fourth-order valence-electron chi connectivity index (χ4n) is 1.30. The highest BCUT2D eigenvalue weighted by Gasteiger charge is 2.34. The molecule has 1 amide bonds. The molecule has 0 aromatic carbocycles. The number of nitrogens with zero attached hydrogens (tertiary/aromatic N) is 1. The predicted molar refractivity (Wildman–Crippen MR) is 66.4 cm³/mol. The molecule has 0 spiro atoms. The van der Waals surface area contributed by atoms with E-state index in [4.69, 9.17) is 5.11 Å². The first-order valence-corrected chi connectivity index (χ1v) is 6.55. The molecule has 0 saturated heterocycles. The number of carboxylic acid groups (broad SMARTS) is 1. The number of hydrogen-bond acceptors (Lipinski definition) is 3. The third kappa shape index (κ3) is 4.83. The fourth-order valence-corrected chi connectivity index (χ4v) is 2.80. The van der Waals surface area contributed by atoms with Gasteiger partial charge in [-0.05, 0) is 34.5 Å². The highest BCUT2D eigenvalue weighted by atomic mass is 79.9. The van der Waals surface area contributed by atoms with E-state index < -0.39 is 31.1 Å². The Labute approximate surface area is 119 Å². The van der Waals surface area contributed by atoms with Crippen LogP contribution in [-0.4, -0.2) is 41.1 Å². The van der Waals surface area contributed by atoms with Crippen LogP contribution >= 0.6 is 27.3 Å². The second kappa shape index (κ2) is 5.91. The van der Waals surface area contributed by atoms with Crippen LogP contribution in [-0.2, 0) is 4.79 Å². The van der Waals surface area contributed by atoms with Gasteiger partial charge in [0.15, 0.2) is 0 Å². The summed E-state index contributed by atoms with van der Waals surface area (Å²) in [5.41, 5.74) is 0.704. The van der Waals surface area contributed by atoms with Gasteiger partial charge in [-0.25, -0.2) is 0 Å². The first-order valence-electron chi connectivity index (χ1n) is 4.94. The molecule has 9 heteroatoms. The van der Waals surface area contributed by atoms with E-state index in [1.165, 1.54) is 6.07 Å². The minimum atomic E-state index is -4.64. The lowest BCUT2D eigenvalue weighted by molar-refractivity contribution is -0.149. The van der Waals surface area contributed by atoms with Crippen LogP contribution in [0.15, 0.2) is 9.85 Å². The summed E-state index contributed by atoms with van der Waals surface area (Å²) in [6, 6.07) is 1.42. The summed E-state index contributed by atoms with van der Waals surface area (Å²) in [6.07, 6.45) is -4.64. The van der Waals surface area contributed by atoms with E-state index in [2.05, 4.69) is 15.9 Å². The summed E-state index contributed by atoms with van der Waals surface area (Å²) in [4.78, 5) is 22.7. The SMILES string of the molecule is Cc1cc(C(=O)N(CC(=O)O)CC(F)(F)F)sc1Br. The van der Waals surface area contributed by atoms with Gasteiger partial charge in [0.25, 0.3) is 5.91 Å². The lowest BCUT2D eigenvalue weighted by Gasteiger charge is -2.21. The smallest absolute Gasteiger partial charge is 0.406 e. The van der Waals surface area contributed by atoms with Gasteiger partial charge in [0.2, 0.25) is 0 Å². The van der Waals surface area contributed by atoms with Crippen molar-refractivity contribution < 1.29 is 27.9 Å². The van der Waals surface area contributed by atoms with Crippen LogP contribution in [0.5, 0.6) is 0 Å². The number of carbonyl (C=O) groups excluding carboxylic acids is 1. The molecule has 1 aromatic rings. The molecular formula is C10H9BrF3NO3S. The zero-order chi connectivity index (χ0) is 14.8. The standard InChI is InChI=1S/C10H9BrF3NO3S/c1-5-2-6(19-8(5)11)9(18)15(3-7(16)17)4-10(12,13)14/h2H,3-4H2,1H3,(H,16,17). The Morgan fingerprint density at radius 3 is 2.42 bits per heavy atom. The van der Waals surface area contributed by atoms with Crippen molar-refractivity contribution in [2.75, 3.05) is 13.1 Å². The predicted octanol–water partition coefficient (Wildman–Crippen LogP) is 2.91. The minimum Gasteiger partial charge on any atom is -0.480 e. The van der Waals surface area contributed by atoms with E-state index in [1.807, 2.05) is 0 Å². The Morgan fingerprint density at radius 2 is 2.05 bits per heavy atom. The van der Waals surface area contributed by atoms with Gasteiger partial charge >= 0.3 is 12.1 Å². The number of alkyl halides is 3. The zero-order valence-electron chi connectivity index (χ0n) is 9.62. The van der Waals surface area contributed by atoms with Gasteiger partial charge in [-0.1, -0.05) is 0 Å². The Balaban J connectivity index is 2.96. The molecule has 4 nitrogen and oxygen atoms in total. The molecule has 1 rings (SSSR count). The Hall–Kier alpha value is -1.09. The number of aliphatic carboxylic acids is 1. The number of carboxylic acids is 1. The molecule has 0 atom stereocenters. The summed E-state index contributed by atoms with van der Waals surface area (Å²) in [6.45, 7) is -0.901. The number of halogens is 4. The van der Waals surface area contributed by atoms with E-state index in [9.17, 15) is 22.8 Å². The van der Waals surface area contributed by atoms with Gasteiger partial charge in [-0.3, -0.25) is 9.59 Å². The number of carbonyl (C=O) groups is 2. The van der Waals surface area contributed by atoms with Crippen molar-refractivity contribution in [2.45, 2.75) is 13.1 Å². The molecular weight excluding hydrogens is 351 g/mol. The number of rotatable bonds is 4. The summed E-state index contributed by atoms with van der Waals surface area (Å²) in [5.74, 6) is -2.44. The summed E-state index contributed by atoms with van der Waals surface area (Å²) >= 11 is 4.12. The van der Waals surface area contributed by atoms with E-state index in [-0.39, 0.29) is 9.78 Å². The quantitative estimate of drug-likeness (QED) is 0.899. The van der Waals surface area contributed by atoms with Crippen LogP contribution in [0.4, 0.5) is 13.2 Å². The average Bonchev–Trinajstić information content (AvgIpc) is 2.54. The lowest BCUT2D eigenvalue weighted by Crippen LogP contribution is -2.41. The second-order valence-corrected chi connectivity index (χ2v) is 6.11. The van der Waals surface area contributed by atoms with Crippen LogP contribution in [0.1, 0.15) is 15.2 Å². The molecule has 0 saturated carbocycles. The van der Waals surface area contributed by atoms with E-state index >= 15 is 0 Å². The fraction of sp³-hybridized carbons (Fsp3) is 0.400. The van der Waals surface area contributed by atoms with E-state index in [1.54, 1.807) is 6.92 Å². The molecule has 0 radical (unpaired) electrons. The maximum Gasteiger partial charge on any atom is 0.406 e. The highest BCUT2D eigenvalue weighted by Crippen LogP contribution is 2.29. The Morgan fingerprint density at radius 1 is 1.47 bits per heavy atom. The van der Waals surface area contributed by atoms with Crippen molar-refractivity contribution in [3.8, 4) is 0 Å². The van der Waals surface area contributed by atoms with Gasteiger partial charge in [0.05, 0.1) is 8.66 Å². The van der Waals surface area contributed by atoms with Gasteiger partial charge in [-0.15, -0.1) is 11.3 Å². The molecule has 1 N–H and O–H groups in total. The molecule has 0 unspecified atom stereocenters. The van der Waals surface area contributed by atoms with Gasteiger partial charge in [-0.2, -0.15) is 13.2 Å². The molecule has 0 aliphatic heterocycles. The van der Waals surface area contributed by atoms with Crippen LogP contribution in [0.3, 0.4) is 0 Å². The number of hydrogen-bond donors (Lipinski definition) is 1. The van der Waals surface area contributed by atoms with E-state index in [0.29, 0.717) is 9.35 Å². The molecule has 0 aliphatic rings. The topological polar surface area (TPSA) is 57.6 Å².